The molecule has 1 N–H and O–H groups in total. The average Bonchev–Trinajstić information content (AvgIpc) is 2.73. The average molecular weight is 344 g/mol. The van der Waals surface area contributed by atoms with E-state index < -0.39 is 6.10 Å². The number of hydrogen-bond acceptors (Lipinski definition) is 3. The quantitative estimate of drug-likeness (QED) is 0.892. The van der Waals surface area contributed by atoms with Crippen LogP contribution in [0.4, 0.5) is 10.1 Å². The molecule has 0 fully saturated rings. The minimum atomic E-state index is -0.826. The molecule has 102 valence electrons. The van der Waals surface area contributed by atoms with Gasteiger partial charge in [0, 0.05) is 24.8 Å². The summed E-state index contributed by atoms with van der Waals surface area (Å²) in [5.74, 6) is -0.370. The van der Waals surface area contributed by atoms with Crippen molar-refractivity contribution >= 4 is 33.0 Å². The number of anilines is 1. The fourth-order valence-electron chi connectivity index (χ4n) is 2.06. The van der Waals surface area contributed by atoms with Crippen molar-refractivity contribution in [3.8, 4) is 0 Å². The highest BCUT2D eigenvalue weighted by Crippen LogP contribution is 2.30. The number of rotatable bonds is 4. The maximum Gasteiger partial charge on any atom is 0.131 e. The standard InChI is InChI=1S/C14H15BrFNOS/c1-9(18)14-11(16)4-3-5-12(14)17(2)7-10-6-13(15)19-8-10/h3-6,8-9,18H,7H2,1-2H3/t9-/m0/s1. The molecule has 0 saturated carbocycles. The van der Waals surface area contributed by atoms with Crippen LogP contribution < -0.4 is 4.90 Å². The van der Waals surface area contributed by atoms with Crippen molar-refractivity contribution < 1.29 is 9.50 Å². The Bertz CT molecular complexity index is 570. The molecule has 0 aliphatic carbocycles. The van der Waals surface area contributed by atoms with Crippen LogP contribution in [0.5, 0.6) is 0 Å². The highest BCUT2D eigenvalue weighted by Gasteiger charge is 2.16. The van der Waals surface area contributed by atoms with E-state index in [1.807, 2.05) is 24.1 Å². The molecule has 0 radical (unpaired) electrons. The summed E-state index contributed by atoms with van der Waals surface area (Å²) in [7, 11) is 1.90. The predicted octanol–water partition coefficient (Wildman–Crippen LogP) is 4.34. The number of thiophene rings is 1. The smallest absolute Gasteiger partial charge is 0.131 e. The number of aliphatic hydroxyl groups excluding tert-OH is 1. The van der Waals surface area contributed by atoms with E-state index in [9.17, 15) is 9.50 Å². The lowest BCUT2D eigenvalue weighted by molar-refractivity contribution is 0.194. The van der Waals surface area contributed by atoms with Crippen molar-refractivity contribution in [2.24, 2.45) is 0 Å². The fourth-order valence-corrected chi connectivity index (χ4v) is 3.26. The maximum atomic E-state index is 13.8. The molecule has 2 aromatic rings. The van der Waals surface area contributed by atoms with Gasteiger partial charge in [-0.25, -0.2) is 4.39 Å². The lowest BCUT2D eigenvalue weighted by Crippen LogP contribution is -2.19. The fraction of sp³-hybridized carbons (Fsp3) is 0.286. The van der Waals surface area contributed by atoms with Crippen LogP contribution in [0.2, 0.25) is 0 Å². The number of nitrogens with zero attached hydrogens (tertiary/aromatic N) is 1. The van der Waals surface area contributed by atoms with Crippen molar-refractivity contribution in [2.45, 2.75) is 19.6 Å². The molecule has 0 aliphatic rings. The van der Waals surface area contributed by atoms with E-state index in [0.29, 0.717) is 12.1 Å². The van der Waals surface area contributed by atoms with Gasteiger partial charge in [0.2, 0.25) is 0 Å². The first-order valence-electron chi connectivity index (χ1n) is 5.89. The summed E-state index contributed by atoms with van der Waals surface area (Å²) in [6.45, 7) is 2.25. The van der Waals surface area contributed by atoms with Crippen LogP contribution in [0, 0.1) is 5.82 Å². The molecular formula is C14H15BrFNOS. The first kappa shape index (κ1) is 14.5. The van der Waals surface area contributed by atoms with Crippen LogP contribution in [0.25, 0.3) is 0 Å². The zero-order chi connectivity index (χ0) is 14.0. The monoisotopic (exact) mass is 343 g/mol. The molecule has 1 aromatic heterocycles. The summed E-state index contributed by atoms with van der Waals surface area (Å²) >= 11 is 5.05. The zero-order valence-electron chi connectivity index (χ0n) is 10.7. The minimum Gasteiger partial charge on any atom is -0.389 e. The Morgan fingerprint density at radius 3 is 2.79 bits per heavy atom. The van der Waals surface area contributed by atoms with Gasteiger partial charge in [-0.15, -0.1) is 11.3 Å². The molecule has 0 unspecified atom stereocenters. The minimum absolute atomic E-state index is 0.347. The molecule has 0 spiro atoms. The third-order valence-electron chi connectivity index (χ3n) is 2.90. The van der Waals surface area contributed by atoms with Crippen molar-refractivity contribution in [2.75, 3.05) is 11.9 Å². The highest BCUT2D eigenvalue weighted by atomic mass is 79.9. The van der Waals surface area contributed by atoms with Crippen molar-refractivity contribution in [1.82, 2.24) is 0 Å². The molecule has 2 rings (SSSR count). The van der Waals surface area contributed by atoms with E-state index in [1.165, 1.54) is 6.07 Å². The molecule has 19 heavy (non-hydrogen) atoms. The van der Waals surface area contributed by atoms with E-state index in [-0.39, 0.29) is 5.82 Å². The Kier molecular flexibility index (Phi) is 4.60. The van der Waals surface area contributed by atoms with Gasteiger partial charge in [-0.2, -0.15) is 0 Å². The molecule has 0 amide bonds. The van der Waals surface area contributed by atoms with Crippen LogP contribution in [-0.2, 0) is 6.54 Å². The van der Waals surface area contributed by atoms with Gasteiger partial charge >= 0.3 is 0 Å². The Labute approximate surface area is 124 Å². The van der Waals surface area contributed by atoms with Gasteiger partial charge in [0.1, 0.15) is 5.82 Å². The third-order valence-corrected chi connectivity index (χ3v) is 4.45. The van der Waals surface area contributed by atoms with Gasteiger partial charge < -0.3 is 10.0 Å². The Balaban J connectivity index is 2.28. The van der Waals surface area contributed by atoms with E-state index in [4.69, 9.17) is 0 Å². The highest BCUT2D eigenvalue weighted by molar-refractivity contribution is 9.11. The summed E-state index contributed by atoms with van der Waals surface area (Å²) in [5.41, 5.74) is 2.22. The molecule has 5 heteroatoms. The molecule has 1 atom stereocenters. The van der Waals surface area contributed by atoms with Gasteiger partial charge in [0.15, 0.2) is 0 Å². The van der Waals surface area contributed by atoms with Gasteiger partial charge in [0.05, 0.1) is 9.89 Å². The van der Waals surface area contributed by atoms with E-state index in [2.05, 4.69) is 21.3 Å². The predicted molar refractivity (Wildman–Crippen MR) is 81.2 cm³/mol. The third kappa shape index (κ3) is 3.35. The SMILES string of the molecule is C[C@H](O)c1c(F)cccc1N(C)Cc1csc(Br)c1. The van der Waals surface area contributed by atoms with Gasteiger partial charge in [0.25, 0.3) is 0 Å². The molecule has 1 heterocycles. The Morgan fingerprint density at radius 2 is 2.21 bits per heavy atom. The largest absolute Gasteiger partial charge is 0.389 e. The normalized spacial score (nSPS) is 12.5. The van der Waals surface area contributed by atoms with Crippen LogP contribution in [-0.4, -0.2) is 12.2 Å². The van der Waals surface area contributed by atoms with Gasteiger partial charge in [-0.05, 0) is 52.0 Å². The van der Waals surface area contributed by atoms with Gasteiger partial charge in [-0.1, -0.05) is 6.07 Å². The number of aliphatic hydroxyl groups is 1. The molecule has 1 aromatic carbocycles. The number of benzene rings is 1. The van der Waals surface area contributed by atoms with E-state index >= 15 is 0 Å². The number of halogens is 2. The second kappa shape index (κ2) is 6.03. The van der Waals surface area contributed by atoms with Crippen molar-refractivity contribution in [3.05, 3.63) is 50.4 Å². The summed E-state index contributed by atoms with van der Waals surface area (Å²) in [6.07, 6.45) is -0.826. The summed E-state index contributed by atoms with van der Waals surface area (Å²) < 4.78 is 14.9. The van der Waals surface area contributed by atoms with Gasteiger partial charge in [-0.3, -0.25) is 0 Å². The Hall–Kier alpha value is -0.910. The van der Waals surface area contributed by atoms with E-state index in [0.717, 1.165) is 15.0 Å². The van der Waals surface area contributed by atoms with Crippen molar-refractivity contribution in [3.63, 3.8) is 0 Å². The molecule has 0 aliphatic heterocycles. The number of hydrogen-bond donors (Lipinski definition) is 1. The van der Waals surface area contributed by atoms with Crippen LogP contribution >= 0.6 is 27.3 Å². The first-order chi connectivity index (χ1) is 8.99. The first-order valence-corrected chi connectivity index (χ1v) is 7.57. The molecule has 0 bridgehead atoms. The van der Waals surface area contributed by atoms with E-state index in [1.54, 1.807) is 24.3 Å². The zero-order valence-corrected chi connectivity index (χ0v) is 13.1. The van der Waals surface area contributed by atoms with Crippen LogP contribution in [0.1, 0.15) is 24.2 Å². The summed E-state index contributed by atoms with van der Waals surface area (Å²) in [6, 6.07) is 6.91. The maximum absolute atomic E-state index is 13.8. The Morgan fingerprint density at radius 1 is 1.47 bits per heavy atom. The second-order valence-electron chi connectivity index (χ2n) is 4.46. The molecular weight excluding hydrogens is 329 g/mol. The lowest BCUT2D eigenvalue weighted by Gasteiger charge is -2.23. The molecule has 0 saturated heterocycles. The van der Waals surface area contributed by atoms with Crippen molar-refractivity contribution in [1.29, 1.82) is 0 Å². The lowest BCUT2D eigenvalue weighted by atomic mass is 10.1. The molecule has 2 nitrogen and oxygen atoms in total. The summed E-state index contributed by atoms with van der Waals surface area (Å²) in [4.78, 5) is 1.94. The summed E-state index contributed by atoms with van der Waals surface area (Å²) in [5, 5.41) is 11.8. The second-order valence-corrected chi connectivity index (χ2v) is 6.75. The van der Waals surface area contributed by atoms with Crippen LogP contribution in [0.3, 0.4) is 0 Å². The topological polar surface area (TPSA) is 23.5 Å². The van der Waals surface area contributed by atoms with Crippen LogP contribution in [0.15, 0.2) is 33.4 Å².